The first-order valence-corrected chi connectivity index (χ1v) is 4.83. The fourth-order valence-electron chi connectivity index (χ4n) is 1.52. The van der Waals surface area contributed by atoms with E-state index in [0.717, 1.165) is 16.8 Å². The molecule has 76 valence electrons. The third-order valence-electron chi connectivity index (χ3n) is 2.31. The number of halogens is 1. The third kappa shape index (κ3) is 2.15. The van der Waals surface area contributed by atoms with Crippen molar-refractivity contribution < 1.29 is 4.39 Å². The Bertz CT molecular complexity index is 466. The molecule has 0 saturated heterocycles. The molecule has 0 heterocycles. The zero-order chi connectivity index (χ0) is 10.7. The molecule has 0 bridgehead atoms. The molecular weight excluding hydrogens is 189 g/mol. The van der Waals surface area contributed by atoms with Gasteiger partial charge in [-0.2, -0.15) is 0 Å². The Labute approximate surface area is 88.6 Å². The molecule has 0 spiro atoms. The summed E-state index contributed by atoms with van der Waals surface area (Å²) in [6.45, 7) is 0. The molecule has 1 N–H and O–H groups in total. The SMILES string of the molecule is CNc1cccc(-c2cccc(F)c2)c1. The Hall–Kier alpha value is -1.83. The first-order chi connectivity index (χ1) is 7.29. The van der Waals surface area contributed by atoms with Crippen molar-refractivity contribution >= 4 is 5.69 Å². The van der Waals surface area contributed by atoms with Crippen LogP contribution in [-0.4, -0.2) is 7.05 Å². The molecule has 15 heavy (non-hydrogen) atoms. The molecule has 0 fully saturated rings. The van der Waals surface area contributed by atoms with Gasteiger partial charge in [0.2, 0.25) is 0 Å². The van der Waals surface area contributed by atoms with E-state index in [9.17, 15) is 4.39 Å². The van der Waals surface area contributed by atoms with Gasteiger partial charge in [-0.25, -0.2) is 4.39 Å². The van der Waals surface area contributed by atoms with E-state index in [-0.39, 0.29) is 5.82 Å². The summed E-state index contributed by atoms with van der Waals surface area (Å²) in [5, 5.41) is 3.06. The second-order valence-electron chi connectivity index (χ2n) is 3.34. The molecule has 0 aromatic heterocycles. The molecule has 0 amide bonds. The Morgan fingerprint density at radius 1 is 0.933 bits per heavy atom. The maximum Gasteiger partial charge on any atom is 0.123 e. The van der Waals surface area contributed by atoms with Gasteiger partial charge in [-0.3, -0.25) is 0 Å². The highest BCUT2D eigenvalue weighted by molar-refractivity contribution is 5.67. The lowest BCUT2D eigenvalue weighted by atomic mass is 10.1. The number of anilines is 1. The highest BCUT2D eigenvalue weighted by atomic mass is 19.1. The summed E-state index contributed by atoms with van der Waals surface area (Å²) >= 11 is 0. The van der Waals surface area contributed by atoms with Gasteiger partial charge in [-0.05, 0) is 35.4 Å². The predicted octanol–water partition coefficient (Wildman–Crippen LogP) is 3.53. The van der Waals surface area contributed by atoms with E-state index < -0.39 is 0 Å². The van der Waals surface area contributed by atoms with Gasteiger partial charge in [0, 0.05) is 12.7 Å². The first kappa shape index (κ1) is 9.71. The number of rotatable bonds is 2. The van der Waals surface area contributed by atoms with Crippen molar-refractivity contribution in [2.75, 3.05) is 12.4 Å². The van der Waals surface area contributed by atoms with E-state index in [0.29, 0.717) is 0 Å². The van der Waals surface area contributed by atoms with Crippen molar-refractivity contribution in [2.24, 2.45) is 0 Å². The van der Waals surface area contributed by atoms with Crippen molar-refractivity contribution in [1.82, 2.24) is 0 Å². The summed E-state index contributed by atoms with van der Waals surface area (Å²) in [6, 6.07) is 14.5. The Morgan fingerprint density at radius 2 is 1.60 bits per heavy atom. The fraction of sp³-hybridized carbons (Fsp3) is 0.0769. The summed E-state index contributed by atoms with van der Waals surface area (Å²) in [4.78, 5) is 0. The summed E-state index contributed by atoms with van der Waals surface area (Å²) in [5.41, 5.74) is 2.94. The third-order valence-corrected chi connectivity index (χ3v) is 2.31. The zero-order valence-electron chi connectivity index (χ0n) is 8.50. The average molecular weight is 201 g/mol. The number of hydrogen-bond acceptors (Lipinski definition) is 1. The van der Waals surface area contributed by atoms with Crippen molar-refractivity contribution in [3.8, 4) is 11.1 Å². The molecule has 2 heteroatoms. The van der Waals surface area contributed by atoms with Crippen LogP contribution in [0.1, 0.15) is 0 Å². The number of benzene rings is 2. The second kappa shape index (κ2) is 4.13. The van der Waals surface area contributed by atoms with Crippen LogP contribution in [0.5, 0.6) is 0 Å². The van der Waals surface area contributed by atoms with Crippen LogP contribution in [0.15, 0.2) is 48.5 Å². The quantitative estimate of drug-likeness (QED) is 0.783. The summed E-state index contributed by atoms with van der Waals surface area (Å²) in [7, 11) is 1.87. The van der Waals surface area contributed by atoms with Crippen LogP contribution in [0.4, 0.5) is 10.1 Å². The van der Waals surface area contributed by atoms with Crippen molar-refractivity contribution in [3.05, 3.63) is 54.3 Å². The summed E-state index contributed by atoms with van der Waals surface area (Å²) < 4.78 is 13.0. The molecule has 0 aliphatic rings. The van der Waals surface area contributed by atoms with Gasteiger partial charge in [0.05, 0.1) is 0 Å². The van der Waals surface area contributed by atoms with E-state index in [1.807, 2.05) is 37.4 Å². The molecule has 1 nitrogen and oxygen atoms in total. The van der Waals surface area contributed by atoms with Crippen LogP contribution in [0.3, 0.4) is 0 Å². The summed E-state index contributed by atoms with van der Waals surface area (Å²) in [5.74, 6) is -0.206. The van der Waals surface area contributed by atoms with Crippen molar-refractivity contribution in [2.45, 2.75) is 0 Å². The van der Waals surface area contributed by atoms with Crippen LogP contribution in [0.25, 0.3) is 11.1 Å². The van der Waals surface area contributed by atoms with Gasteiger partial charge in [0.25, 0.3) is 0 Å². The Balaban J connectivity index is 2.44. The van der Waals surface area contributed by atoms with Gasteiger partial charge in [-0.15, -0.1) is 0 Å². The minimum Gasteiger partial charge on any atom is -0.388 e. The second-order valence-corrected chi connectivity index (χ2v) is 3.34. The Morgan fingerprint density at radius 3 is 2.27 bits per heavy atom. The largest absolute Gasteiger partial charge is 0.388 e. The molecule has 0 unspecified atom stereocenters. The van der Waals surface area contributed by atoms with Crippen LogP contribution < -0.4 is 5.32 Å². The van der Waals surface area contributed by atoms with E-state index in [4.69, 9.17) is 0 Å². The molecule has 2 rings (SSSR count). The highest BCUT2D eigenvalue weighted by Gasteiger charge is 1.99. The lowest BCUT2D eigenvalue weighted by Gasteiger charge is -2.04. The molecular formula is C13H12FN. The number of hydrogen-bond donors (Lipinski definition) is 1. The standard InChI is InChI=1S/C13H12FN/c1-15-13-7-3-5-11(9-13)10-4-2-6-12(14)8-10/h2-9,15H,1H3. The molecule has 2 aromatic rings. The van der Waals surface area contributed by atoms with Crippen LogP contribution >= 0.6 is 0 Å². The molecule has 0 atom stereocenters. The molecule has 2 aromatic carbocycles. The normalized spacial score (nSPS) is 10.0. The Kier molecular flexibility index (Phi) is 2.68. The highest BCUT2D eigenvalue weighted by Crippen LogP contribution is 2.22. The predicted molar refractivity (Wildman–Crippen MR) is 61.4 cm³/mol. The van der Waals surface area contributed by atoms with E-state index in [2.05, 4.69) is 5.32 Å². The average Bonchev–Trinajstić information content (AvgIpc) is 2.29. The van der Waals surface area contributed by atoms with Crippen molar-refractivity contribution in [3.63, 3.8) is 0 Å². The minimum absolute atomic E-state index is 0.206. The van der Waals surface area contributed by atoms with Crippen molar-refractivity contribution in [1.29, 1.82) is 0 Å². The fourth-order valence-corrected chi connectivity index (χ4v) is 1.52. The molecule has 0 radical (unpaired) electrons. The van der Waals surface area contributed by atoms with Gasteiger partial charge in [0.15, 0.2) is 0 Å². The van der Waals surface area contributed by atoms with E-state index >= 15 is 0 Å². The molecule has 0 saturated carbocycles. The van der Waals surface area contributed by atoms with Crippen LogP contribution in [0, 0.1) is 5.82 Å². The van der Waals surface area contributed by atoms with Gasteiger partial charge in [-0.1, -0.05) is 24.3 Å². The molecule has 0 aliphatic carbocycles. The topological polar surface area (TPSA) is 12.0 Å². The van der Waals surface area contributed by atoms with Gasteiger partial charge in [0.1, 0.15) is 5.82 Å². The maximum atomic E-state index is 13.0. The van der Waals surface area contributed by atoms with E-state index in [1.54, 1.807) is 6.07 Å². The van der Waals surface area contributed by atoms with Crippen LogP contribution in [0.2, 0.25) is 0 Å². The minimum atomic E-state index is -0.206. The van der Waals surface area contributed by atoms with Gasteiger partial charge >= 0.3 is 0 Å². The monoisotopic (exact) mass is 201 g/mol. The first-order valence-electron chi connectivity index (χ1n) is 4.83. The zero-order valence-corrected chi connectivity index (χ0v) is 8.50. The van der Waals surface area contributed by atoms with Gasteiger partial charge < -0.3 is 5.32 Å². The van der Waals surface area contributed by atoms with Crippen LogP contribution in [-0.2, 0) is 0 Å². The lowest BCUT2D eigenvalue weighted by molar-refractivity contribution is 0.628. The smallest absolute Gasteiger partial charge is 0.123 e. The van der Waals surface area contributed by atoms with E-state index in [1.165, 1.54) is 12.1 Å². The number of nitrogens with one attached hydrogen (secondary N) is 1. The molecule has 0 aliphatic heterocycles. The maximum absolute atomic E-state index is 13.0. The summed E-state index contributed by atoms with van der Waals surface area (Å²) in [6.07, 6.45) is 0. The lowest BCUT2D eigenvalue weighted by Crippen LogP contribution is -1.88.